The van der Waals surface area contributed by atoms with E-state index in [9.17, 15) is 14.0 Å². The molecule has 0 aliphatic carbocycles. The summed E-state index contributed by atoms with van der Waals surface area (Å²) in [5.41, 5.74) is 3.02. The Morgan fingerprint density at radius 2 is 1.68 bits per heavy atom. The lowest BCUT2D eigenvalue weighted by atomic mass is 10.1. The molecule has 1 aliphatic heterocycles. The molecule has 1 aliphatic rings. The van der Waals surface area contributed by atoms with Crippen LogP contribution in [0.3, 0.4) is 0 Å². The molecule has 0 bridgehead atoms. The Morgan fingerprint density at radius 1 is 0.919 bits per heavy atom. The molecule has 0 saturated heterocycles. The zero-order chi connectivity index (χ0) is 25.9. The van der Waals surface area contributed by atoms with Gasteiger partial charge in [0.05, 0.1) is 14.2 Å². The molecule has 0 fully saturated rings. The number of nitrogens with one attached hydrogen (secondary N) is 1. The minimum atomic E-state index is -0.438. The van der Waals surface area contributed by atoms with Gasteiger partial charge in [0.2, 0.25) is 0 Å². The molecule has 0 saturated carbocycles. The topological polar surface area (TPSA) is 81.0 Å². The van der Waals surface area contributed by atoms with Crippen LogP contribution in [0.15, 0.2) is 77.2 Å². The number of ether oxygens (including phenoxy) is 2. The van der Waals surface area contributed by atoms with Crippen molar-refractivity contribution in [2.45, 2.75) is 13.0 Å². The number of hydrogen-bond acceptors (Lipinski definition) is 5. The van der Waals surface area contributed by atoms with Crippen LogP contribution in [0.5, 0.6) is 11.5 Å². The highest BCUT2D eigenvalue weighted by Crippen LogP contribution is 2.32. The fourth-order valence-electron chi connectivity index (χ4n) is 4.34. The number of nitrogens with zero attached hydrogens (tertiary/aromatic N) is 1. The summed E-state index contributed by atoms with van der Waals surface area (Å²) in [6.45, 7) is 0.859. The van der Waals surface area contributed by atoms with Crippen LogP contribution in [-0.4, -0.2) is 37.5 Å². The van der Waals surface area contributed by atoms with E-state index in [1.54, 1.807) is 35.2 Å². The number of hydrogen-bond donors (Lipinski definition) is 1. The quantitative estimate of drug-likeness (QED) is 0.375. The Morgan fingerprint density at radius 3 is 2.41 bits per heavy atom. The van der Waals surface area contributed by atoms with Gasteiger partial charge in [-0.1, -0.05) is 18.2 Å². The predicted octanol–water partition coefficient (Wildman–Crippen LogP) is 5.55. The number of anilines is 1. The molecule has 1 N–H and O–H groups in total. The van der Waals surface area contributed by atoms with Gasteiger partial charge in [-0.25, -0.2) is 4.39 Å². The third-order valence-corrected chi connectivity index (χ3v) is 6.24. The van der Waals surface area contributed by atoms with E-state index in [1.807, 2.05) is 24.3 Å². The Bertz CT molecular complexity index is 1460. The minimum Gasteiger partial charge on any atom is -0.497 e. The number of carbonyl (C=O) groups is 2. The summed E-state index contributed by atoms with van der Waals surface area (Å²) in [6, 6.07) is 19.9. The first kappa shape index (κ1) is 24.1. The number of methoxy groups -OCH3 is 2. The third-order valence-electron chi connectivity index (χ3n) is 6.24. The van der Waals surface area contributed by atoms with Crippen molar-refractivity contribution in [2.75, 3.05) is 26.1 Å². The molecule has 3 aromatic carbocycles. The molecule has 188 valence electrons. The first-order chi connectivity index (χ1) is 17.9. The van der Waals surface area contributed by atoms with E-state index in [0.717, 1.165) is 16.9 Å². The maximum absolute atomic E-state index is 13.6. The van der Waals surface area contributed by atoms with Gasteiger partial charge in [0, 0.05) is 53.5 Å². The Balaban J connectivity index is 1.32. The molecule has 8 heteroatoms. The number of fused-ring (bicyclic) bond motifs is 1. The van der Waals surface area contributed by atoms with Gasteiger partial charge in [-0.3, -0.25) is 9.59 Å². The number of halogens is 1. The van der Waals surface area contributed by atoms with Crippen LogP contribution < -0.4 is 14.8 Å². The summed E-state index contributed by atoms with van der Waals surface area (Å²) < 4.78 is 30.2. The van der Waals surface area contributed by atoms with Crippen molar-refractivity contribution in [1.82, 2.24) is 4.90 Å². The predicted molar refractivity (Wildman–Crippen MR) is 136 cm³/mol. The lowest BCUT2D eigenvalue weighted by molar-refractivity contribution is 0.0729. The summed E-state index contributed by atoms with van der Waals surface area (Å²) in [6.07, 6.45) is 0.560. The zero-order valence-corrected chi connectivity index (χ0v) is 20.4. The average Bonchev–Trinajstić information content (AvgIpc) is 3.36. The summed E-state index contributed by atoms with van der Waals surface area (Å²) >= 11 is 0. The molecule has 0 atom stereocenters. The van der Waals surface area contributed by atoms with E-state index in [-0.39, 0.29) is 11.8 Å². The van der Waals surface area contributed by atoms with Gasteiger partial charge < -0.3 is 24.1 Å². The molecule has 4 aromatic rings. The van der Waals surface area contributed by atoms with E-state index in [2.05, 4.69) is 5.32 Å². The van der Waals surface area contributed by atoms with Gasteiger partial charge in [0.1, 0.15) is 28.8 Å². The van der Waals surface area contributed by atoms with E-state index in [1.165, 1.54) is 32.4 Å². The SMILES string of the molecule is COc1cc(OC)cc(C(=O)Nc2cccc(-c3cc4c(o3)CCN(C(=O)c3cccc(F)c3)C4)c2)c1. The average molecular weight is 501 g/mol. The lowest BCUT2D eigenvalue weighted by Gasteiger charge is -2.26. The summed E-state index contributed by atoms with van der Waals surface area (Å²) in [4.78, 5) is 27.4. The van der Waals surface area contributed by atoms with E-state index in [0.29, 0.717) is 53.6 Å². The van der Waals surface area contributed by atoms with E-state index >= 15 is 0 Å². The second-order valence-corrected chi connectivity index (χ2v) is 8.68. The molecule has 7 nitrogen and oxygen atoms in total. The van der Waals surface area contributed by atoms with Crippen LogP contribution in [0.1, 0.15) is 32.0 Å². The first-order valence-electron chi connectivity index (χ1n) is 11.7. The second kappa shape index (κ2) is 10.2. The maximum atomic E-state index is 13.6. The Hall–Kier alpha value is -4.59. The van der Waals surface area contributed by atoms with Gasteiger partial charge >= 0.3 is 0 Å². The van der Waals surface area contributed by atoms with Crippen LogP contribution in [0.25, 0.3) is 11.3 Å². The van der Waals surface area contributed by atoms with Crippen molar-refractivity contribution in [1.29, 1.82) is 0 Å². The van der Waals surface area contributed by atoms with Gasteiger partial charge in [-0.2, -0.15) is 0 Å². The molecule has 2 amide bonds. The summed E-state index contributed by atoms with van der Waals surface area (Å²) in [5, 5.41) is 2.90. The normalized spacial score (nSPS) is 12.6. The summed E-state index contributed by atoms with van der Waals surface area (Å²) in [5.74, 6) is 1.53. The molecule has 0 radical (unpaired) electrons. The number of carbonyl (C=O) groups excluding carboxylic acids is 2. The van der Waals surface area contributed by atoms with Gasteiger partial charge in [-0.05, 0) is 48.5 Å². The summed E-state index contributed by atoms with van der Waals surface area (Å²) in [7, 11) is 3.05. The van der Waals surface area contributed by atoms with Crippen molar-refractivity contribution in [3.63, 3.8) is 0 Å². The van der Waals surface area contributed by atoms with Crippen LogP contribution in [0, 0.1) is 5.82 Å². The van der Waals surface area contributed by atoms with Gasteiger partial charge in [0.15, 0.2) is 0 Å². The van der Waals surface area contributed by atoms with Crippen molar-refractivity contribution in [2.24, 2.45) is 0 Å². The van der Waals surface area contributed by atoms with Crippen molar-refractivity contribution in [3.8, 4) is 22.8 Å². The van der Waals surface area contributed by atoms with Gasteiger partial charge in [0.25, 0.3) is 11.8 Å². The minimum absolute atomic E-state index is 0.216. The number of amides is 2. The third kappa shape index (κ3) is 5.18. The molecule has 1 aromatic heterocycles. The van der Waals surface area contributed by atoms with Crippen LogP contribution in [-0.2, 0) is 13.0 Å². The highest BCUT2D eigenvalue weighted by molar-refractivity contribution is 6.05. The standard InChI is InChI=1S/C29H25FN2O5/c1-35-24-13-20(14-25(16-24)36-2)28(33)31-23-8-4-5-18(12-23)27-15-21-17-32(10-9-26(21)37-27)29(34)19-6-3-7-22(30)11-19/h3-8,11-16H,9-10,17H2,1-2H3,(H,31,33). The monoisotopic (exact) mass is 500 g/mol. The van der Waals surface area contributed by atoms with Crippen molar-refractivity contribution >= 4 is 17.5 Å². The van der Waals surface area contributed by atoms with Crippen molar-refractivity contribution in [3.05, 3.63) is 101 Å². The molecular formula is C29H25FN2O5. The number of benzene rings is 3. The number of furan rings is 1. The fraction of sp³-hybridized carbons (Fsp3) is 0.172. The van der Waals surface area contributed by atoms with Crippen LogP contribution >= 0.6 is 0 Å². The maximum Gasteiger partial charge on any atom is 0.255 e. The second-order valence-electron chi connectivity index (χ2n) is 8.68. The van der Waals surface area contributed by atoms with Gasteiger partial charge in [-0.15, -0.1) is 0 Å². The van der Waals surface area contributed by atoms with E-state index < -0.39 is 5.82 Å². The smallest absolute Gasteiger partial charge is 0.255 e. The molecular weight excluding hydrogens is 475 g/mol. The highest BCUT2D eigenvalue weighted by Gasteiger charge is 2.25. The Labute approximate surface area is 213 Å². The molecule has 0 unspecified atom stereocenters. The first-order valence-corrected chi connectivity index (χ1v) is 11.7. The molecule has 37 heavy (non-hydrogen) atoms. The van der Waals surface area contributed by atoms with Crippen LogP contribution in [0.4, 0.5) is 10.1 Å². The molecule has 2 heterocycles. The largest absolute Gasteiger partial charge is 0.497 e. The number of rotatable bonds is 6. The highest BCUT2D eigenvalue weighted by atomic mass is 19.1. The molecule has 5 rings (SSSR count). The fourth-order valence-corrected chi connectivity index (χ4v) is 4.34. The van der Waals surface area contributed by atoms with E-state index in [4.69, 9.17) is 13.9 Å². The zero-order valence-electron chi connectivity index (χ0n) is 20.4. The lowest BCUT2D eigenvalue weighted by Crippen LogP contribution is -2.35. The Kier molecular flexibility index (Phi) is 6.64. The van der Waals surface area contributed by atoms with Crippen LogP contribution in [0.2, 0.25) is 0 Å². The van der Waals surface area contributed by atoms with Crippen molar-refractivity contribution < 1.29 is 27.9 Å². The molecule has 0 spiro atoms.